The molecule has 1 aromatic heterocycles. The number of amides is 2. The minimum absolute atomic E-state index is 0. The van der Waals surface area contributed by atoms with Crippen molar-refractivity contribution in [3.63, 3.8) is 0 Å². The number of rotatable bonds is 5. The number of likely N-dealkylation sites (tertiary alicyclic amines) is 1. The summed E-state index contributed by atoms with van der Waals surface area (Å²) in [5, 5.41) is 7.12. The third kappa shape index (κ3) is 4.41. The van der Waals surface area contributed by atoms with Gasteiger partial charge in [-0.15, -0.1) is 0 Å². The van der Waals surface area contributed by atoms with Crippen molar-refractivity contribution >= 4 is 57.2 Å². The van der Waals surface area contributed by atoms with Crippen LogP contribution in [0.4, 0.5) is 16.2 Å². The monoisotopic (exact) mass is 508 g/mol. The van der Waals surface area contributed by atoms with Crippen LogP contribution in [-0.2, 0) is 42.9 Å². The Kier molecular flexibility index (Phi) is 6.49. The van der Waals surface area contributed by atoms with E-state index in [0.29, 0.717) is 5.69 Å². The van der Waals surface area contributed by atoms with Gasteiger partial charge < -0.3 is 10.2 Å². The van der Waals surface area contributed by atoms with Crippen LogP contribution < -0.4 is 14.3 Å². The Morgan fingerprint density at radius 2 is 1.71 bits per heavy atom. The number of carbonyl (C=O) groups excluding carboxylic acids is 1. The normalized spacial score (nSPS) is 20.4. The molecule has 0 bridgehead atoms. The predicted octanol–water partition coefficient (Wildman–Crippen LogP) is 1.72. The molecule has 0 radical (unpaired) electrons. The van der Waals surface area contributed by atoms with Crippen LogP contribution in [0.15, 0.2) is 18.5 Å². The Balaban J connectivity index is 0.00000253. The molecule has 2 fully saturated rings. The SMILES string of the molecule is CN1CC2(CC(N(c3cnn(C)c3)S(=O)(=O)NC(=O)Nc3c4c(cc5c3CCC5)CCC4)C2)C1.[NaH]. The van der Waals surface area contributed by atoms with Crippen LogP contribution in [-0.4, -0.2) is 84.9 Å². The molecule has 4 aliphatic rings. The molecule has 35 heavy (non-hydrogen) atoms. The van der Waals surface area contributed by atoms with Crippen LogP contribution in [0.25, 0.3) is 0 Å². The standard InChI is InChI=1S/C24H32N6O3S.Na.H/c1-28-14-24(15-28)10-18(11-24)30(19-12-25-29(2)13-19)34(32,33)27-23(31)26-22-20-7-3-5-16(20)9-17-6-4-8-21(17)22;;/h9,12-13,18H,3-8,10-11,14-15H2,1-2H3,(H2,26,27,31);;. The van der Waals surface area contributed by atoms with Gasteiger partial charge in [-0.2, -0.15) is 13.5 Å². The minimum atomic E-state index is -4.11. The Labute approximate surface area is 229 Å². The third-order valence-electron chi connectivity index (χ3n) is 8.02. The number of nitrogens with one attached hydrogen (secondary N) is 2. The van der Waals surface area contributed by atoms with E-state index in [-0.39, 0.29) is 41.0 Å². The average molecular weight is 509 g/mol. The first-order valence-corrected chi connectivity index (χ1v) is 13.6. The van der Waals surface area contributed by atoms with Gasteiger partial charge in [0, 0.05) is 38.1 Å². The van der Waals surface area contributed by atoms with Crippen LogP contribution in [0, 0.1) is 5.41 Å². The molecule has 2 N–H and O–H groups in total. The Hall–Kier alpha value is -1.59. The second-order valence-corrected chi connectivity index (χ2v) is 12.2. The number of hydrogen-bond donors (Lipinski definition) is 2. The van der Waals surface area contributed by atoms with Gasteiger partial charge in [-0.05, 0) is 86.1 Å². The van der Waals surface area contributed by atoms with E-state index in [0.717, 1.165) is 70.1 Å². The van der Waals surface area contributed by atoms with Crippen LogP contribution in [0.1, 0.15) is 47.9 Å². The average Bonchev–Trinajstić information content (AvgIpc) is 3.45. The van der Waals surface area contributed by atoms with E-state index < -0.39 is 16.2 Å². The van der Waals surface area contributed by atoms with Gasteiger partial charge in [-0.1, -0.05) is 6.07 Å². The summed E-state index contributed by atoms with van der Waals surface area (Å²) in [7, 11) is -0.275. The van der Waals surface area contributed by atoms with Crippen molar-refractivity contribution in [3.05, 3.63) is 40.7 Å². The number of benzene rings is 1. The molecule has 9 nitrogen and oxygen atoms in total. The Bertz CT molecular complexity index is 1230. The van der Waals surface area contributed by atoms with Crippen molar-refractivity contribution in [2.75, 3.05) is 29.8 Å². The number of aromatic nitrogens is 2. The molecule has 1 saturated heterocycles. The van der Waals surface area contributed by atoms with Crippen molar-refractivity contribution < 1.29 is 13.2 Å². The van der Waals surface area contributed by atoms with Crippen molar-refractivity contribution in [3.8, 4) is 0 Å². The van der Waals surface area contributed by atoms with Crippen LogP contribution in [0.5, 0.6) is 0 Å². The van der Waals surface area contributed by atoms with E-state index in [9.17, 15) is 13.2 Å². The van der Waals surface area contributed by atoms with E-state index in [1.54, 1.807) is 24.1 Å². The quantitative estimate of drug-likeness (QED) is 0.600. The molecular formula is C24H33N6NaO3S. The summed E-state index contributed by atoms with van der Waals surface area (Å²) >= 11 is 0. The first-order valence-electron chi connectivity index (χ1n) is 12.2. The number of fused-ring (bicyclic) bond motifs is 2. The number of nitrogens with zero attached hydrogens (tertiary/aromatic N) is 4. The fraction of sp³-hybridized carbons (Fsp3) is 0.583. The van der Waals surface area contributed by atoms with Gasteiger partial charge in [-0.25, -0.2) is 13.8 Å². The molecule has 3 aliphatic carbocycles. The summed E-state index contributed by atoms with van der Waals surface area (Å²) in [5.41, 5.74) is 6.45. The van der Waals surface area contributed by atoms with E-state index in [4.69, 9.17) is 0 Å². The van der Waals surface area contributed by atoms with E-state index in [1.165, 1.54) is 26.6 Å². The summed E-state index contributed by atoms with van der Waals surface area (Å²) in [5.74, 6) is 0. The zero-order valence-electron chi connectivity index (χ0n) is 19.8. The van der Waals surface area contributed by atoms with E-state index in [2.05, 4.69) is 33.2 Å². The maximum atomic E-state index is 13.5. The topological polar surface area (TPSA) is 99.6 Å². The van der Waals surface area contributed by atoms with Gasteiger partial charge in [0.2, 0.25) is 0 Å². The molecule has 11 heteroatoms. The summed E-state index contributed by atoms with van der Waals surface area (Å²) < 4.78 is 32.3. The van der Waals surface area contributed by atoms with Crippen molar-refractivity contribution in [2.24, 2.45) is 12.5 Å². The van der Waals surface area contributed by atoms with Crippen molar-refractivity contribution in [1.29, 1.82) is 0 Å². The number of hydrogen-bond acceptors (Lipinski definition) is 5. The number of aryl methyl sites for hydroxylation is 3. The van der Waals surface area contributed by atoms with Gasteiger partial charge in [0.1, 0.15) is 0 Å². The molecule has 2 aromatic rings. The van der Waals surface area contributed by atoms with Crippen molar-refractivity contribution in [1.82, 2.24) is 19.4 Å². The number of anilines is 2. The molecule has 1 spiro atoms. The number of urea groups is 1. The van der Waals surface area contributed by atoms with Gasteiger partial charge in [0.05, 0.1) is 11.9 Å². The molecule has 1 aromatic carbocycles. The molecule has 0 unspecified atom stereocenters. The molecule has 184 valence electrons. The molecule has 6 rings (SSSR count). The zero-order valence-corrected chi connectivity index (χ0v) is 20.6. The summed E-state index contributed by atoms with van der Waals surface area (Å²) in [6.45, 7) is 1.98. The molecule has 0 atom stereocenters. The molecule has 2 heterocycles. The fourth-order valence-electron chi connectivity index (χ4n) is 6.80. The van der Waals surface area contributed by atoms with Gasteiger partial charge in [0.25, 0.3) is 0 Å². The Morgan fingerprint density at radius 3 is 2.26 bits per heavy atom. The van der Waals surface area contributed by atoms with E-state index >= 15 is 0 Å². The maximum absolute atomic E-state index is 13.5. The second kappa shape index (κ2) is 9.06. The first-order chi connectivity index (χ1) is 16.2. The van der Waals surface area contributed by atoms with Crippen LogP contribution in [0.2, 0.25) is 0 Å². The van der Waals surface area contributed by atoms with Crippen LogP contribution >= 0.6 is 0 Å². The van der Waals surface area contributed by atoms with Crippen molar-refractivity contribution in [2.45, 2.75) is 57.4 Å². The summed E-state index contributed by atoms with van der Waals surface area (Å²) in [6.07, 6.45) is 10.8. The van der Waals surface area contributed by atoms with Gasteiger partial charge in [-0.3, -0.25) is 4.68 Å². The zero-order chi connectivity index (χ0) is 23.7. The second-order valence-electron chi connectivity index (χ2n) is 10.7. The predicted molar refractivity (Wildman–Crippen MR) is 137 cm³/mol. The van der Waals surface area contributed by atoms with E-state index in [1.807, 2.05) is 0 Å². The van der Waals surface area contributed by atoms with Crippen LogP contribution in [0.3, 0.4) is 0 Å². The fourth-order valence-corrected chi connectivity index (χ4v) is 8.10. The first kappa shape index (κ1) is 25.1. The van der Waals surface area contributed by atoms with Gasteiger partial charge >= 0.3 is 45.8 Å². The molecule has 1 saturated carbocycles. The van der Waals surface area contributed by atoms with Gasteiger partial charge in [0.15, 0.2) is 0 Å². The molecule has 2 amide bonds. The number of carbonyl (C=O) groups is 1. The summed E-state index contributed by atoms with van der Waals surface area (Å²) in [4.78, 5) is 15.3. The molecule has 1 aliphatic heterocycles. The summed E-state index contributed by atoms with van der Waals surface area (Å²) in [6, 6.07) is 1.41. The third-order valence-corrected chi connectivity index (χ3v) is 9.49. The Morgan fingerprint density at radius 1 is 1.09 bits per heavy atom. The molecular weight excluding hydrogens is 475 g/mol.